The van der Waals surface area contributed by atoms with Crippen LogP contribution < -0.4 is 4.74 Å². The van der Waals surface area contributed by atoms with Gasteiger partial charge in [-0.1, -0.05) is 30.7 Å². The zero-order chi connectivity index (χ0) is 22.3. The summed E-state index contributed by atoms with van der Waals surface area (Å²) < 4.78 is 12.7. The number of carbonyl (C=O) groups is 2. The molecule has 8 heteroatoms. The number of rotatable bonds is 10. The zero-order valence-electron chi connectivity index (χ0n) is 18.3. The number of hydrogen-bond donors (Lipinski definition) is 0. The number of amides is 2. The van der Waals surface area contributed by atoms with Crippen molar-refractivity contribution in [2.75, 3.05) is 26.4 Å². The highest BCUT2D eigenvalue weighted by atomic mass is 35.5. The Morgan fingerprint density at radius 3 is 2.50 bits per heavy atom. The summed E-state index contributed by atoms with van der Waals surface area (Å²) in [6.45, 7) is 9.07. The lowest BCUT2D eigenvalue weighted by Gasteiger charge is -2.21. The molecule has 0 saturated carbocycles. The van der Waals surface area contributed by atoms with Crippen molar-refractivity contribution in [3.63, 3.8) is 0 Å². The molecular formula is C22H30ClN3O4. The Balaban J connectivity index is 2.05. The van der Waals surface area contributed by atoms with Gasteiger partial charge in [0.25, 0.3) is 5.91 Å². The van der Waals surface area contributed by atoms with Gasteiger partial charge in [0.2, 0.25) is 5.91 Å². The van der Waals surface area contributed by atoms with E-state index in [9.17, 15) is 9.59 Å². The normalized spacial score (nSPS) is 10.9. The number of imide groups is 1. The maximum atomic E-state index is 13.0. The molecule has 164 valence electrons. The van der Waals surface area contributed by atoms with Gasteiger partial charge in [0, 0.05) is 20.1 Å². The molecule has 7 nitrogen and oxygen atoms in total. The molecular weight excluding hydrogens is 406 g/mol. The second-order valence-corrected chi connectivity index (χ2v) is 7.35. The Hall–Kier alpha value is -2.38. The monoisotopic (exact) mass is 435 g/mol. The molecule has 30 heavy (non-hydrogen) atoms. The molecule has 0 atom stereocenters. The highest BCUT2D eigenvalue weighted by Crippen LogP contribution is 2.22. The van der Waals surface area contributed by atoms with Crippen LogP contribution in [0, 0.1) is 13.8 Å². The van der Waals surface area contributed by atoms with Crippen molar-refractivity contribution in [3.05, 3.63) is 45.7 Å². The summed E-state index contributed by atoms with van der Waals surface area (Å²) in [7, 11) is 1.63. The van der Waals surface area contributed by atoms with Gasteiger partial charge in [0.05, 0.1) is 23.9 Å². The minimum Gasteiger partial charge on any atom is -0.491 e. The third-order valence-corrected chi connectivity index (χ3v) is 5.20. The molecule has 0 radical (unpaired) electrons. The molecule has 0 unspecified atom stereocenters. The fraction of sp³-hybridized carbons (Fsp3) is 0.500. The molecule has 1 aromatic heterocycles. The van der Waals surface area contributed by atoms with E-state index in [0.29, 0.717) is 18.9 Å². The van der Waals surface area contributed by atoms with E-state index in [1.54, 1.807) is 20.9 Å². The summed E-state index contributed by atoms with van der Waals surface area (Å²) in [6, 6.07) is 5.97. The Labute approximate surface area is 182 Å². The van der Waals surface area contributed by atoms with Crippen molar-refractivity contribution >= 4 is 23.4 Å². The average molecular weight is 436 g/mol. The van der Waals surface area contributed by atoms with Crippen LogP contribution in [0.3, 0.4) is 0 Å². The van der Waals surface area contributed by atoms with Crippen LogP contribution in [0.15, 0.2) is 18.2 Å². The smallest absolute Gasteiger partial charge is 0.280 e. The van der Waals surface area contributed by atoms with Gasteiger partial charge >= 0.3 is 0 Å². The van der Waals surface area contributed by atoms with Gasteiger partial charge in [-0.15, -0.1) is 0 Å². The van der Waals surface area contributed by atoms with Crippen molar-refractivity contribution in [2.45, 2.75) is 40.5 Å². The number of aryl methyl sites for hydroxylation is 3. The number of hydrogen-bond acceptors (Lipinski definition) is 5. The van der Waals surface area contributed by atoms with Gasteiger partial charge in [-0.2, -0.15) is 5.10 Å². The van der Waals surface area contributed by atoms with Crippen molar-refractivity contribution in [2.24, 2.45) is 7.05 Å². The number of aromatic nitrogens is 2. The first-order valence-electron chi connectivity index (χ1n) is 10.1. The molecule has 0 saturated heterocycles. The molecule has 1 aromatic carbocycles. The highest BCUT2D eigenvalue weighted by molar-refractivity contribution is 6.34. The van der Waals surface area contributed by atoms with E-state index in [1.807, 2.05) is 26.0 Å². The van der Waals surface area contributed by atoms with Gasteiger partial charge in [-0.25, -0.2) is 0 Å². The van der Waals surface area contributed by atoms with Crippen LogP contribution in [0.25, 0.3) is 0 Å². The standard InChI is InChI=1S/C22H30ClN3O4/c1-6-19(27)26(22(28)21-20(23)16(4)24-25(21)5)11-13-30-18-9-8-17(14-15(18)3)10-12-29-7-2/h8-9,14H,6-7,10-13H2,1-5H3. The third-order valence-electron chi connectivity index (χ3n) is 4.75. The van der Waals surface area contributed by atoms with Crippen molar-refractivity contribution in [3.8, 4) is 5.75 Å². The van der Waals surface area contributed by atoms with Gasteiger partial charge in [0.15, 0.2) is 0 Å². The Bertz CT molecular complexity index is 895. The molecule has 0 bridgehead atoms. The van der Waals surface area contributed by atoms with E-state index >= 15 is 0 Å². The van der Waals surface area contributed by atoms with Crippen LogP contribution in [-0.2, 0) is 23.0 Å². The van der Waals surface area contributed by atoms with Crippen molar-refractivity contribution in [1.82, 2.24) is 14.7 Å². The Morgan fingerprint density at radius 2 is 1.93 bits per heavy atom. The molecule has 2 amide bonds. The summed E-state index contributed by atoms with van der Waals surface area (Å²) in [5.41, 5.74) is 2.91. The number of halogens is 1. The largest absolute Gasteiger partial charge is 0.491 e. The predicted octanol–water partition coefficient (Wildman–Crippen LogP) is 3.73. The van der Waals surface area contributed by atoms with Crippen molar-refractivity contribution in [1.29, 1.82) is 0 Å². The van der Waals surface area contributed by atoms with Crippen LogP contribution in [-0.4, -0.2) is 52.9 Å². The fourth-order valence-corrected chi connectivity index (χ4v) is 3.37. The minimum absolute atomic E-state index is 0.123. The van der Waals surface area contributed by atoms with Gasteiger partial charge < -0.3 is 9.47 Å². The Kier molecular flexibility index (Phi) is 8.87. The first-order chi connectivity index (χ1) is 14.3. The summed E-state index contributed by atoms with van der Waals surface area (Å²) in [5, 5.41) is 4.42. The zero-order valence-corrected chi connectivity index (χ0v) is 19.1. The molecule has 1 heterocycles. The van der Waals surface area contributed by atoms with E-state index in [1.165, 1.54) is 15.1 Å². The van der Waals surface area contributed by atoms with Crippen LogP contribution in [0.5, 0.6) is 5.75 Å². The average Bonchev–Trinajstić information content (AvgIpc) is 2.97. The second kappa shape index (κ2) is 11.1. The van der Waals surface area contributed by atoms with Crippen LogP contribution >= 0.6 is 11.6 Å². The van der Waals surface area contributed by atoms with Gasteiger partial charge in [0.1, 0.15) is 18.1 Å². The molecule has 0 N–H and O–H groups in total. The van der Waals surface area contributed by atoms with Crippen LogP contribution in [0.2, 0.25) is 5.02 Å². The van der Waals surface area contributed by atoms with Crippen molar-refractivity contribution < 1.29 is 19.1 Å². The highest BCUT2D eigenvalue weighted by Gasteiger charge is 2.27. The van der Waals surface area contributed by atoms with Gasteiger partial charge in [-0.05, 0) is 44.4 Å². The first kappa shape index (κ1) is 23.9. The van der Waals surface area contributed by atoms with Crippen LogP contribution in [0.1, 0.15) is 47.6 Å². The summed E-state index contributed by atoms with van der Waals surface area (Å²) >= 11 is 6.23. The summed E-state index contributed by atoms with van der Waals surface area (Å²) in [6.07, 6.45) is 1.04. The number of carbonyl (C=O) groups excluding carboxylic acids is 2. The molecule has 0 aliphatic heterocycles. The van der Waals surface area contributed by atoms with E-state index in [4.69, 9.17) is 21.1 Å². The maximum Gasteiger partial charge on any atom is 0.280 e. The first-order valence-corrected chi connectivity index (χ1v) is 10.5. The lowest BCUT2D eigenvalue weighted by atomic mass is 10.1. The van der Waals surface area contributed by atoms with E-state index in [-0.39, 0.29) is 36.2 Å². The second-order valence-electron chi connectivity index (χ2n) is 6.97. The third kappa shape index (κ3) is 5.83. The lowest BCUT2D eigenvalue weighted by molar-refractivity contribution is -0.128. The quantitative estimate of drug-likeness (QED) is 0.531. The van der Waals surface area contributed by atoms with Crippen LogP contribution in [0.4, 0.5) is 0 Å². The Morgan fingerprint density at radius 1 is 1.20 bits per heavy atom. The minimum atomic E-state index is -0.471. The lowest BCUT2D eigenvalue weighted by Crippen LogP contribution is -2.40. The van der Waals surface area contributed by atoms with E-state index < -0.39 is 5.91 Å². The molecule has 0 aliphatic carbocycles. The summed E-state index contributed by atoms with van der Waals surface area (Å²) in [5.74, 6) is -0.0380. The number of benzene rings is 1. The predicted molar refractivity (Wildman–Crippen MR) is 116 cm³/mol. The van der Waals surface area contributed by atoms with E-state index in [0.717, 1.165) is 17.7 Å². The topological polar surface area (TPSA) is 73.7 Å². The van der Waals surface area contributed by atoms with Gasteiger partial charge in [-0.3, -0.25) is 19.2 Å². The SMILES string of the molecule is CCOCCc1ccc(OCCN(C(=O)CC)C(=O)c2c(Cl)c(C)nn2C)c(C)c1. The summed E-state index contributed by atoms with van der Waals surface area (Å²) in [4.78, 5) is 26.5. The molecule has 0 spiro atoms. The fourth-order valence-electron chi connectivity index (χ4n) is 3.13. The maximum absolute atomic E-state index is 13.0. The molecule has 2 rings (SSSR count). The molecule has 0 fully saturated rings. The number of nitrogens with zero attached hydrogens (tertiary/aromatic N) is 3. The molecule has 0 aliphatic rings. The molecule has 2 aromatic rings. The number of ether oxygens (including phenoxy) is 2. The van der Waals surface area contributed by atoms with E-state index in [2.05, 4.69) is 11.2 Å².